The summed E-state index contributed by atoms with van der Waals surface area (Å²) in [6.45, 7) is 1.58. The molecule has 1 aliphatic carbocycles. The Balaban J connectivity index is 1.48. The second-order valence-electron chi connectivity index (χ2n) is 8.84. The van der Waals surface area contributed by atoms with Crippen molar-refractivity contribution in [3.63, 3.8) is 0 Å². The van der Waals surface area contributed by atoms with Crippen molar-refractivity contribution >= 4 is 24.6 Å². The average Bonchev–Trinajstić information content (AvgIpc) is 2.74. The van der Waals surface area contributed by atoms with E-state index in [1.165, 1.54) is 6.92 Å². The van der Waals surface area contributed by atoms with Crippen molar-refractivity contribution in [1.29, 1.82) is 0 Å². The molecule has 2 atom stereocenters. The standard InChI is InChI=1S/C22H32BN3O5/c1-13(27)19-4-2-3-15-10-16(23(30)31-21(15)19)11-18(28)9-14-5-7-17(8-6-14)26-22(29)20(25)12-24/h2-4,14,16-17,20,30H,5-12,24-25H2,1H3,(H,26,29)/t14?,16-,17?,20+/m1/s1. The number of nitrogens with two attached hydrogens (primary N) is 2. The summed E-state index contributed by atoms with van der Waals surface area (Å²) < 4.78 is 5.63. The van der Waals surface area contributed by atoms with E-state index in [4.69, 9.17) is 16.1 Å². The van der Waals surface area contributed by atoms with E-state index in [9.17, 15) is 19.4 Å². The Morgan fingerprint density at radius 2 is 1.94 bits per heavy atom. The van der Waals surface area contributed by atoms with Gasteiger partial charge in [0.15, 0.2) is 5.78 Å². The van der Waals surface area contributed by atoms with Crippen LogP contribution >= 0.6 is 0 Å². The zero-order valence-corrected chi connectivity index (χ0v) is 18.0. The molecule has 1 fully saturated rings. The predicted octanol–water partition coefficient (Wildman–Crippen LogP) is 0.985. The maximum absolute atomic E-state index is 12.7. The topological polar surface area (TPSA) is 145 Å². The van der Waals surface area contributed by atoms with Crippen LogP contribution in [0.5, 0.6) is 5.75 Å². The summed E-state index contributed by atoms with van der Waals surface area (Å²) in [4.78, 5) is 36.3. The largest absolute Gasteiger partial charge is 0.535 e. The van der Waals surface area contributed by atoms with Gasteiger partial charge in [0.1, 0.15) is 11.5 Å². The highest BCUT2D eigenvalue weighted by atomic mass is 16.5. The van der Waals surface area contributed by atoms with E-state index in [-0.39, 0.29) is 48.2 Å². The maximum Gasteiger partial charge on any atom is 0.526 e. The van der Waals surface area contributed by atoms with Gasteiger partial charge in [-0.15, -0.1) is 0 Å². The van der Waals surface area contributed by atoms with Gasteiger partial charge in [0, 0.05) is 31.2 Å². The van der Waals surface area contributed by atoms with Crippen molar-refractivity contribution in [3.8, 4) is 5.75 Å². The minimum Gasteiger partial charge on any atom is -0.535 e. The Labute approximate surface area is 183 Å². The van der Waals surface area contributed by atoms with E-state index >= 15 is 0 Å². The van der Waals surface area contributed by atoms with Gasteiger partial charge in [-0.1, -0.05) is 12.1 Å². The molecule has 1 aliphatic heterocycles. The van der Waals surface area contributed by atoms with Crippen molar-refractivity contribution < 1.29 is 24.1 Å². The number of fused-ring (bicyclic) bond motifs is 1. The van der Waals surface area contributed by atoms with Gasteiger partial charge in [0.25, 0.3) is 0 Å². The van der Waals surface area contributed by atoms with Gasteiger partial charge >= 0.3 is 7.12 Å². The molecule has 31 heavy (non-hydrogen) atoms. The molecule has 8 nitrogen and oxygen atoms in total. The molecule has 1 heterocycles. The number of para-hydroxylation sites is 1. The smallest absolute Gasteiger partial charge is 0.526 e. The van der Waals surface area contributed by atoms with E-state index in [2.05, 4.69) is 5.32 Å². The third-order valence-corrected chi connectivity index (χ3v) is 6.39. The van der Waals surface area contributed by atoms with Crippen LogP contribution in [-0.4, -0.2) is 48.2 Å². The fourth-order valence-electron chi connectivity index (χ4n) is 4.56. The number of nitrogens with one attached hydrogen (secondary N) is 1. The average molecular weight is 429 g/mol. The summed E-state index contributed by atoms with van der Waals surface area (Å²) >= 11 is 0. The summed E-state index contributed by atoms with van der Waals surface area (Å²) in [5.41, 5.74) is 12.4. The molecule has 1 amide bonds. The molecular formula is C22H32BN3O5. The number of benzene rings is 1. The van der Waals surface area contributed by atoms with Gasteiger partial charge in [0.2, 0.25) is 5.91 Å². The lowest BCUT2D eigenvalue weighted by Gasteiger charge is -2.31. The predicted molar refractivity (Wildman–Crippen MR) is 118 cm³/mol. The Morgan fingerprint density at radius 3 is 2.58 bits per heavy atom. The molecule has 0 saturated heterocycles. The van der Waals surface area contributed by atoms with Gasteiger partial charge in [-0.3, -0.25) is 14.4 Å². The first-order valence-corrected chi connectivity index (χ1v) is 11.0. The molecule has 0 bridgehead atoms. The fraction of sp³-hybridized carbons (Fsp3) is 0.591. The van der Waals surface area contributed by atoms with Crippen LogP contribution < -0.4 is 21.4 Å². The van der Waals surface area contributed by atoms with Crippen LogP contribution in [0.4, 0.5) is 0 Å². The minimum atomic E-state index is -1.10. The molecule has 0 aromatic heterocycles. The fourth-order valence-corrected chi connectivity index (χ4v) is 4.56. The molecule has 0 spiro atoms. The first-order valence-electron chi connectivity index (χ1n) is 11.0. The molecule has 6 N–H and O–H groups in total. The monoisotopic (exact) mass is 429 g/mol. The SMILES string of the molecule is CC(=O)c1cccc2c1OB(O)[C@@H](CC(=O)CC1CCC(NC(=O)[C@@H](N)CN)CC1)C2. The van der Waals surface area contributed by atoms with Crippen LogP contribution in [0.3, 0.4) is 0 Å². The zero-order valence-electron chi connectivity index (χ0n) is 18.0. The lowest BCUT2D eigenvalue weighted by molar-refractivity contribution is -0.123. The molecule has 168 valence electrons. The summed E-state index contributed by atoms with van der Waals surface area (Å²) in [6, 6.07) is 4.75. The van der Waals surface area contributed by atoms with Crippen LogP contribution in [0.2, 0.25) is 5.82 Å². The second-order valence-corrected chi connectivity index (χ2v) is 8.84. The van der Waals surface area contributed by atoms with Crippen molar-refractivity contribution in [1.82, 2.24) is 5.32 Å². The number of carbonyl (C=O) groups is 3. The molecule has 2 aliphatic rings. The van der Waals surface area contributed by atoms with Gasteiger partial charge in [-0.05, 0) is 56.6 Å². The normalized spacial score (nSPS) is 24.0. The molecule has 3 rings (SSSR count). The number of hydrogen-bond donors (Lipinski definition) is 4. The Kier molecular flexibility index (Phi) is 7.86. The second kappa shape index (κ2) is 10.4. The van der Waals surface area contributed by atoms with Crippen molar-refractivity contribution in [2.75, 3.05) is 6.54 Å². The van der Waals surface area contributed by atoms with E-state index in [0.29, 0.717) is 24.2 Å². The quantitative estimate of drug-likeness (QED) is 0.356. The number of carbonyl (C=O) groups excluding carboxylic acids is 3. The molecule has 1 saturated carbocycles. The van der Waals surface area contributed by atoms with Gasteiger partial charge in [-0.2, -0.15) is 0 Å². The Morgan fingerprint density at radius 1 is 1.23 bits per heavy atom. The highest BCUT2D eigenvalue weighted by Gasteiger charge is 2.37. The van der Waals surface area contributed by atoms with E-state index in [0.717, 1.165) is 31.2 Å². The number of ketones is 2. The molecule has 1 aromatic rings. The molecule has 0 unspecified atom stereocenters. The number of rotatable bonds is 8. The molecule has 9 heteroatoms. The third kappa shape index (κ3) is 5.93. The van der Waals surface area contributed by atoms with Crippen LogP contribution in [0.1, 0.15) is 61.4 Å². The number of Topliss-reactive ketones (excluding diaryl/α,β-unsaturated/α-hetero) is 2. The van der Waals surface area contributed by atoms with Gasteiger partial charge in [0.05, 0.1) is 11.6 Å². The lowest BCUT2D eigenvalue weighted by atomic mass is 9.64. The van der Waals surface area contributed by atoms with Crippen molar-refractivity contribution in [2.45, 2.75) is 69.8 Å². The van der Waals surface area contributed by atoms with Crippen LogP contribution in [0, 0.1) is 5.92 Å². The summed E-state index contributed by atoms with van der Waals surface area (Å²) in [6.07, 6.45) is 4.57. The first-order chi connectivity index (χ1) is 14.8. The van der Waals surface area contributed by atoms with Crippen molar-refractivity contribution in [3.05, 3.63) is 29.3 Å². The Hall–Kier alpha value is -2.23. The lowest BCUT2D eigenvalue weighted by Crippen LogP contribution is -2.49. The van der Waals surface area contributed by atoms with E-state index in [1.807, 2.05) is 6.07 Å². The van der Waals surface area contributed by atoms with E-state index in [1.54, 1.807) is 12.1 Å². The highest BCUT2D eigenvalue weighted by Crippen LogP contribution is 2.37. The number of hydrogen-bond acceptors (Lipinski definition) is 7. The zero-order chi connectivity index (χ0) is 22.5. The molecule has 1 aromatic carbocycles. The maximum atomic E-state index is 12.7. The first kappa shape index (κ1) is 23.4. The third-order valence-electron chi connectivity index (χ3n) is 6.39. The van der Waals surface area contributed by atoms with Crippen LogP contribution in [0.15, 0.2) is 18.2 Å². The number of amides is 1. The van der Waals surface area contributed by atoms with Gasteiger partial charge in [-0.25, -0.2) is 0 Å². The summed E-state index contributed by atoms with van der Waals surface area (Å²) in [5.74, 6) is 0.159. The van der Waals surface area contributed by atoms with Crippen LogP contribution in [-0.2, 0) is 16.0 Å². The van der Waals surface area contributed by atoms with E-state index < -0.39 is 13.2 Å². The summed E-state index contributed by atoms with van der Waals surface area (Å²) in [5, 5.41) is 13.3. The Bertz CT molecular complexity index is 825. The van der Waals surface area contributed by atoms with Crippen LogP contribution in [0.25, 0.3) is 0 Å². The summed E-state index contributed by atoms with van der Waals surface area (Å²) in [7, 11) is -1.10. The van der Waals surface area contributed by atoms with Crippen molar-refractivity contribution in [2.24, 2.45) is 17.4 Å². The minimum absolute atomic E-state index is 0.0805. The molecule has 0 radical (unpaired) electrons. The van der Waals surface area contributed by atoms with Gasteiger partial charge < -0.3 is 26.5 Å². The highest BCUT2D eigenvalue weighted by molar-refractivity contribution is 6.47. The molecular weight excluding hydrogens is 397 g/mol.